The molecule has 15 heavy (non-hydrogen) atoms. The molecular weight excluding hydrogens is 295 g/mol. The Hall–Kier alpha value is 0.280. The number of hydrogen-bond donors (Lipinski definition) is 0. The first-order valence-electron chi connectivity index (χ1n) is 5.18. The van der Waals surface area contributed by atoms with E-state index in [4.69, 9.17) is 23.2 Å². The van der Waals surface area contributed by atoms with Gasteiger partial charge in [0.15, 0.2) is 0 Å². The quantitative estimate of drug-likeness (QED) is 0.620. The van der Waals surface area contributed by atoms with Crippen LogP contribution in [0.1, 0.15) is 31.2 Å². The zero-order valence-electron chi connectivity index (χ0n) is 8.51. The van der Waals surface area contributed by atoms with Crippen LogP contribution in [-0.2, 0) is 0 Å². The molecule has 1 aromatic carbocycles. The van der Waals surface area contributed by atoms with Gasteiger partial charge < -0.3 is 0 Å². The second-order valence-electron chi connectivity index (χ2n) is 4.22. The summed E-state index contributed by atoms with van der Waals surface area (Å²) in [6.45, 7) is 2.27. The summed E-state index contributed by atoms with van der Waals surface area (Å²) in [4.78, 5) is 0.609. The summed E-state index contributed by atoms with van der Waals surface area (Å²) in [5, 5.41) is 1.62. The fourth-order valence-corrected chi connectivity index (χ4v) is 3.43. The summed E-state index contributed by atoms with van der Waals surface area (Å²) in [5.41, 5.74) is 1.21. The molecule has 0 saturated heterocycles. The van der Waals surface area contributed by atoms with Gasteiger partial charge in [-0.1, -0.05) is 46.1 Å². The number of hydrogen-bond acceptors (Lipinski definition) is 0. The molecule has 1 aromatic rings. The van der Waals surface area contributed by atoms with Crippen LogP contribution in [0.4, 0.5) is 0 Å². The van der Waals surface area contributed by atoms with E-state index < -0.39 is 0 Å². The zero-order chi connectivity index (χ0) is 11.0. The number of alkyl halides is 1. The standard InChI is InChI=1S/C12H13BrCl2/c1-7-9(3-4-11(7)13)10-6-8(14)2-5-12(10)15/h2,5-7,9,11H,3-4H2,1H3. The van der Waals surface area contributed by atoms with Gasteiger partial charge in [0.05, 0.1) is 0 Å². The molecule has 1 saturated carbocycles. The topological polar surface area (TPSA) is 0 Å². The monoisotopic (exact) mass is 306 g/mol. The van der Waals surface area contributed by atoms with Crippen LogP contribution >= 0.6 is 39.1 Å². The average Bonchev–Trinajstić information content (AvgIpc) is 2.52. The molecular formula is C12H13BrCl2. The fourth-order valence-electron chi connectivity index (χ4n) is 2.35. The molecule has 1 aliphatic rings. The van der Waals surface area contributed by atoms with Gasteiger partial charge in [0.2, 0.25) is 0 Å². The summed E-state index contributed by atoms with van der Waals surface area (Å²) in [7, 11) is 0. The highest BCUT2D eigenvalue weighted by molar-refractivity contribution is 9.09. The first kappa shape index (κ1) is 11.8. The van der Waals surface area contributed by atoms with Crippen LogP contribution in [0.2, 0.25) is 10.0 Å². The first-order valence-corrected chi connectivity index (χ1v) is 6.86. The van der Waals surface area contributed by atoms with Gasteiger partial charge in [-0.05, 0) is 48.4 Å². The molecule has 3 atom stereocenters. The van der Waals surface area contributed by atoms with E-state index >= 15 is 0 Å². The van der Waals surface area contributed by atoms with Crippen molar-refractivity contribution in [1.82, 2.24) is 0 Å². The molecule has 1 aliphatic carbocycles. The Balaban J connectivity index is 2.33. The van der Waals surface area contributed by atoms with Crippen molar-refractivity contribution in [3.8, 4) is 0 Å². The van der Waals surface area contributed by atoms with Crippen LogP contribution in [0, 0.1) is 5.92 Å². The van der Waals surface area contributed by atoms with Gasteiger partial charge in [0, 0.05) is 14.9 Å². The molecule has 1 fully saturated rings. The Morgan fingerprint density at radius 3 is 2.60 bits per heavy atom. The molecule has 0 bridgehead atoms. The van der Waals surface area contributed by atoms with Crippen molar-refractivity contribution in [2.24, 2.45) is 5.92 Å². The summed E-state index contributed by atoms with van der Waals surface area (Å²) < 4.78 is 0. The van der Waals surface area contributed by atoms with Crippen molar-refractivity contribution < 1.29 is 0 Å². The second kappa shape index (κ2) is 4.65. The van der Waals surface area contributed by atoms with Crippen molar-refractivity contribution in [3.05, 3.63) is 33.8 Å². The van der Waals surface area contributed by atoms with E-state index in [9.17, 15) is 0 Å². The zero-order valence-corrected chi connectivity index (χ0v) is 11.6. The largest absolute Gasteiger partial charge is 0.0888 e. The Morgan fingerprint density at radius 2 is 2.00 bits per heavy atom. The van der Waals surface area contributed by atoms with E-state index in [2.05, 4.69) is 22.9 Å². The molecule has 3 unspecified atom stereocenters. The van der Waals surface area contributed by atoms with Gasteiger partial charge in [0.1, 0.15) is 0 Å². The fraction of sp³-hybridized carbons (Fsp3) is 0.500. The van der Waals surface area contributed by atoms with Crippen LogP contribution in [-0.4, -0.2) is 4.83 Å². The lowest BCUT2D eigenvalue weighted by molar-refractivity contribution is 0.545. The summed E-state index contributed by atoms with van der Waals surface area (Å²) in [5.74, 6) is 1.17. The third-order valence-corrected chi connectivity index (χ3v) is 5.19. The summed E-state index contributed by atoms with van der Waals surface area (Å²) >= 11 is 15.9. The van der Waals surface area contributed by atoms with E-state index in [1.54, 1.807) is 0 Å². The van der Waals surface area contributed by atoms with E-state index in [0.29, 0.717) is 16.7 Å². The molecule has 0 aromatic heterocycles. The van der Waals surface area contributed by atoms with E-state index in [0.717, 1.165) is 10.0 Å². The maximum Gasteiger partial charge on any atom is 0.0441 e. The van der Waals surface area contributed by atoms with E-state index in [1.165, 1.54) is 18.4 Å². The molecule has 0 nitrogen and oxygen atoms in total. The predicted molar refractivity (Wildman–Crippen MR) is 70.3 cm³/mol. The molecule has 0 heterocycles. The smallest absolute Gasteiger partial charge is 0.0441 e. The third-order valence-electron chi connectivity index (χ3n) is 3.32. The molecule has 2 rings (SSSR count). The lowest BCUT2D eigenvalue weighted by atomic mass is 9.90. The summed E-state index contributed by atoms with van der Waals surface area (Å²) in [6.07, 6.45) is 2.41. The minimum Gasteiger partial charge on any atom is -0.0888 e. The SMILES string of the molecule is CC1C(Br)CCC1c1cc(Cl)ccc1Cl. The minimum atomic E-state index is 0.542. The molecule has 0 spiro atoms. The van der Waals surface area contributed by atoms with Gasteiger partial charge in [-0.25, -0.2) is 0 Å². The Bertz CT molecular complexity index is 365. The van der Waals surface area contributed by atoms with Crippen LogP contribution in [0.15, 0.2) is 18.2 Å². The maximum atomic E-state index is 6.22. The molecule has 0 aliphatic heterocycles. The molecule has 0 radical (unpaired) electrons. The van der Waals surface area contributed by atoms with Crippen molar-refractivity contribution in [3.63, 3.8) is 0 Å². The van der Waals surface area contributed by atoms with E-state index in [-0.39, 0.29) is 0 Å². The van der Waals surface area contributed by atoms with Gasteiger partial charge in [-0.15, -0.1) is 0 Å². The van der Waals surface area contributed by atoms with Crippen molar-refractivity contribution >= 4 is 39.1 Å². The normalized spacial score (nSPS) is 30.8. The first-order chi connectivity index (χ1) is 7.09. The van der Waals surface area contributed by atoms with E-state index in [1.807, 2.05) is 18.2 Å². The highest BCUT2D eigenvalue weighted by Gasteiger charge is 2.33. The van der Waals surface area contributed by atoms with Gasteiger partial charge >= 0.3 is 0 Å². The van der Waals surface area contributed by atoms with Crippen LogP contribution < -0.4 is 0 Å². The van der Waals surface area contributed by atoms with Gasteiger partial charge in [-0.2, -0.15) is 0 Å². The van der Waals surface area contributed by atoms with Crippen LogP contribution in [0.5, 0.6) is 0 Å². The number of benzene rings is 1. The predicted octanol–water partition coefficient (Wildman–Crippen LogP) is 5.27. The highest BCUT2D eigenvalue weighted by atomic mass is 79.9. The Morgan fingerprint density at radius 1 is 1.27 bits per heavy atom. The molecule has 3 heteroatoms. The van der Waals surface area contributed by atoms with Crippen LogP contribution in [0.3, 0.4) is 0 Å². The van der Waals surface area contributed by atoms with Gasteiger partial charge in [0.25, 0.3) is 0 Å². The Labute approximate surface area is 109 Å². The molecule has 82 valence electrons. The number of rotatable bonds is 1. The maximum absolute atomic E-state index is 6.22. The average molecular weight is 308 g/mol. The lowest BCUT2D eigenvalue weighted by Gasteiger charge is -2.19. The third kappa shape index (κ3) is 2.35. The Kier molecular flexibility index (Phi) is 3.64. The molecule has 0 amide bonds. The van der Waals surface area contributed by atoms with Gasteiger partial charge in [-0.3, -0.25) is 0 Å². The van der Waals surface area contributed by atoms with Crippen molar-refractivity contribution in [2.45, 2.75) is 30.5 Å². The summed E-state index contributed by atoms with van der Waals surface area (Å²) in [6, 6.07) is 5.75. The van der Waals surface area contributed by atoms with Crippen molar-refractivity contribution in [2.75, 3.05) is 0 Å². The van der Waals surface area contributed by atoms with Crippen LogP contribution in [0.25, 0.3) is 0 Å². The highest BCUT2D eigenvalue weighted by Crippen LogP contribution is 2.45. The second-order valence-corrected chi connectivity index (χ2v) is 6.24. The number of halogens is 3. The van der Waals surface area contributed by atoms with Crippen molar-refractivity contribution in [1.29, 1.82) is 0 Å². The minimum absolute atomic E-state index is 0.542. The lowest BCUT2D eigenvalue weighted by Crippen LogP contribution is -2.09. The molecule has 0 N–H and O–H groups in total.